The van der Waals surface area contributed by atoms with Gasteiger partial charge < -0.3 is 19.9 Å². The van der Waals surface area contributed by atoms with Gasteiger partial charge in [0.2, 0.25) is 16.8 Å². The lowest BCUT2D eigenvalue weighted by Gasteiger charge is -2.20. The molecule has 0 aliphatic carbocycles. The van der Waals surface area contributed by atoms with Crippen molar-refractivity contribution in [3.8, 4) is 28.6 Å². The van der Waals surface area contributed by atoms with Crippen molar-refractivity contribution in [3.63, 3.8) is 0 Å². The summed E-state index contributed by atoms with van der Waals surface area (Å²) in [4.78, 5) is 15.1. The summed E-state index contributed by atoms with van der Waals surface area (Å²) in [5.41, 5.74) is 1.76. The Kier molecular flexibility index (Phi) is 4.80. The van der Waals surface area contributed by atoms with Crippen molar-refractivity contribution in [2.45, 2.75) is 11.4 Å². The number of hydrogen-bond acceptors (Lipinski definition) is 10. The summed E-state index contributed by atoms with van der Waals surface area (Å²) < 4.78 is 11.1. The fourth-order valence-corrected chi connectivity index (χ4v) is 3.24. The summed E-state index contributed by atoms with van der Waals surface area (Å²) in [6, 6.07) is 10.1. The fourth-order valence-electron chi connectivity index (χ4n) is 2.94. The van der Waals surface area contributed by atoms with Crippen LogP contribution < -0.4 is 14.8 Å². The number of methoxy groups -OCH3 is 1. The molecule has 0 radical (unpaired) electrons. The average molecular weight is 413 g/mol. The number of nitro benzene ring substituents is 1. The normalized spacial score (nSPS) is 14.6. The van der Waals surface area contributed by atoms with Crippen LogP contribution in [0.15, 0.2) is 41.6 Å². The number of aromatic hydroxyl groups is 1. The Bertz CT molecular complexity index is 1110. The average Bonchev–Trinajstić information content (AvgIpc) is 2.89. The lowest BCUT2D eigenvalue weighted by Crippen LogP contribution is -2.17. The van der Waals surface area contributed by atoms with Crippen molar-refractivity contribution in [3.05, 3.63) is 52.1 Å². The van der Waals surface area contributed by atoms with Crippen LogP contribution in [0.1, 0.15) is 11.8 Å². The second kappa shape index (κ2) is 7.43. The molecule has 1 atom stereocenters. The first kappa shape index (κ1) is 18.7. The van der Waals surface area contributed by atoms with E-state index in [1.165, 1.54) is 31.0 Å². The van der Waals surface area contributed by atoms with Gasteiger partial charge in [-0.1, -0.05) is 30.0 Å². The van der Waals surface area contributed by atoms with Crippen LogP contribution in [0.2, 0.25) is 0 Å². The minimum absolute atomic E-state index is 0.0389. The molecule has 2 heterocycles. The van der Waals surface area contributed by atoms with E-state index in [-0.39, 0.29) is 11.6 Å². The molecule has 0 amide bonds. The third-order valence-electron chi connectivity index (χ3n) is 4.31. The number of nitrogens with zero attached hydrogens (tertiary/aromatic N) is 4. The van der Waals surface area contributed by atoms with Gasteiger partial charge >= 0.3 is 5.69 Å². The summed E-state index contributed by atoms with van der Waals surface area (Å²) in [6.45, 7) is 0. The number of fused-ring (bicyclic) bond motifs is 3. The van der Waals surface area contributed by atoms with Crippen LogP contribution in [0.4, 0.5) is 11.4 Å². The largest absolute Gasteiger partial charge is 0.500 e. The Morgan fingerprint density at radius 2 is 2.10 bits per heavy atom. The molecule has 0 saturated heterocycles. The van der Waals surface area contributed by atoms with E-state index in [9.17, 15) is 15.2 Å². The van der Waals surface area contributed by atoms with Crippen molar-refractivity contribution in [1.29, 1.82) is 0 Å². The van der Waals surface area contributed by atoms with Gasteiger partial charge in [0.1, 0.15) is 0 Å². The molecule has 0 bridgehead atoms. The standard InChI is InChI=1S/C18H15N5O5S/c1-27-13-8-9(7-12(15(13)24)23(25)26)16-19-11-6-4-3-5-10(11)14-17(28-16)20-18(29-2)22-21-14/h3-8,16,19,24H,1-2H3/t16-/m1/s1. The molecule has 148 valence electrons. The SMILES string of the molecule is COc1cc([C@@H]2Nc3ccccc3-c3nnc(SC)nc3O2)cc([N+](=O)[O-])c1O. The zero-order valence-electron chi connectivity index (χ0n) is 15.3. The van der Waals surface area contributed by atoms with E-state index in [1.54, 1.807) is 0 Å². The summed E-state index contributed by atoms with van der Waals surface area (Å²) in [7, 11) is 1.32. The summed E-state index contributed by atoms with van der Waals surface area (Å²) >= 11 is 1.31. The number of ether oxygens (including phenoxy) is 2. The quantitative estimate of drug-likeness (QED) is 0.372. The molecule has 2 N–H and O–H groups in total. The zero-order chi connectivity index (χ0) is 20.5. The molecule has 1 aliphatic rings. The van der Waals surface area contributed by atoms with E-state index in [2.05, 4.69) is 20.5 Å². The first-order chi connectivity index (χ1) is 14.0. The Balaban J connectivity index is 1.88. The molecular formula is C18H15N5O5S. The number of rotatable bonds is 4. The molecule has 11 heteroatoms. The number of nitrogens with one attached hydrogen (secondary N) is 1. The van der Waals surface area contributed by atoms with Crippen molar-refractivity contribution in [2.24, 2.45) is 0 Å². The first-order valence-corrected chi connectivity index (χ1v) is 9.61. The third kappa shape index (κ3) is 3.36. The molecule has 29 heavy (non-hydrogen) atoms. The zero-order valence-corrected chi connectivity index (χ0v) is 16.1. The number of anilines is 1. The van der Waals surface area contributed by atoms with Gasteiger partial charge in [-0.2, -0.15) is 4.98 Å². The molecule has 2 aromatic carbocycles. The minimum Gasteiger partial charge on any atom is -0.500 e. The molecule has 1 aliphatic heterocycles. The van der Waals surface area contributed by atoms with Crippen LogP contribution >= 0.6 is 11.8 Å². The highest BCUT2D eigenvalue weighted by Gasteiger charge is 2.29. The molecule has 0 fully saturated rings. The second-order valence-electron chi connectivity index (χ2n) is 5.99. The summed E-state index contributed by atoms with van der Waals surface area (Å²) in [6.07, 6.45) is 0.967. The molecular weight excluding hydrogens is 398 g/mol. The monoisotopic (exact) mass is 413 g/mol. The van der Waals surface area contributed by atoms with Gasteiger partial charge in [-0.25, -0.2) is 0 Å². The van der Waals surface area contributed by atoms with Crippen LogP contribution in [0, 0.1) is 10.1 Å². The van der Waals surface area contributed by atoms with Crippen molar-refractivity contribution >= 4 is 23.1 Å². The van der Waals surface area contributed by atoms with E-state index in [0.717, 1.165) is 5.56 Å². The van der Waals surface area contributed by atoms with Crippen molar-refractivity contribution in [2.75, 3.05) is 18.7 Å². The maximum absolute atomic E-state index is 11.4. The van der Waals surface area contributed by atoms with E-state index in [4.69, 9.17) is 9.47 Å². The number of aromatic nitrogens is 3. The number of hydrogen-bond donors (Lipinski definition) is 2. The number of phenols is 1. The maximum Gasteiger partial charge on any atom is 0.315 e. The van der Waals surface area contributed by atoms with Crippen LogP contribution in [-0.2, 0) is 0 Å². The molecule has 0 saturated carbocycles. The predicted octanol–water partition coefficient (Wildman–Crippen LogP) is 3.39. The van der Waals surface area contributed by atoms with Gasteiger partial charge in [-0.15, -0.1) is 10.2 Å². The van der Waals surface area contributed by atoms with Gasteiger partial charge in [-0.3, -0.25) is 10.1 Å². The third-order valence-corrected chi connectivity index (χ3v) is 4.85. The molecule has 0 spiro atoms. The highest BCUT2D eigenvalue weighted by molar-refractivity contribution is 7.98. The Labute approximate surface area is 169 Å². The highest BCUT2D eigenvalue weighted by atomic mass is 32.2. The predicted molar refractivity (Wildman–Crippen MR) is 105 cm³/mol. The molecule has 0 unspecified atom stereocenters. The van der Waals surface area contributed by atoms with Crippen molar-refractivity contribution < 1.29 is 19.5 Å². The van der Waals surface area contributed by atoms with E-state index in [1.807, 2.05) is 30.5 Å². The number of benzene rings is 2. The first-order valence-electron chi connectivity index (χ1n) is 8.38. The van der Waals surface area contributed by atoms with Crippen LogP contribution in [0.25, 0.3) is 11.3 Å². The number of thioether (sulfide) groups is 1. The van der Waals surface area contributed by atoms with E-state index < -0.39 is 22.6 Å². The minimum atomic E-state index is -0.850. The molecule has 4 rings (SSSR count). The molecule has 1 aromatic heterocycles. The molecule has 3 aromatic rings. The van der Waals surface area contributed by atoms with Gasteiger partial charge in [0.15, 0.2) is 17.7 Å². The van der Waals surface area contributed by atoms with E-state index >= 15 is 0 Å². The summed E-state index contributed by atoms with van der Waals surface area (Å²) in [5.74, 6) is -0.353. The van der Waals surface area contributed by atoms with Gasteiger partial charge in [0.25, 0.3) is 0 Å². The summed E-state index contributed by atoms with van der Waals surface area (Å²) in [5, 5.41) is 33.4. The van der Waals surface area contributed by atoms with Crippen LogP contribution in [0.3, 0.4) is 0 Å². The lowest BCUT2D eigenvalue weighted by atomic mass is 10.1. The number of phenolic OH excluding ortho intramolecular Hbond substituents is 1. The Morgan fingerprint density at radius 3 is 2.83 bits per heavy atom. The second-order valence-corrected chi connectivity index (χ2v) is 6.76. The highest BCUT2D eigenvalue weighted by Crippen LogP contribution is 2.43. The van der Waals surface area contributed by atoms with Gasteiger partial charge in [0, 0.05) is 22.9 Å². The fraction of sp³-hybridized carbons (Fsp3) is 0.167. The molecule has 10 nitrogen and oxygen atoms in total. The number of para-hydroxylation sites is 1. The Morgan fingerprint density at radius 1 is 1.31 bits per heavy atom. The van der Waals surface area contributed by atoms with E-state index in [0.29, 0.717) is 22.1 Å². The van der Waals surface area contributed by atoms with Crippen LogP contribution in [0.5, 0.6) is 17.4 Å². The van der Waals surface area contributed by atoms with Gasteiger partial charge in [0.05, 0.1) is 12.0 Å². The number of nitro groups is 1. The smallest absolute Gasteiger partial charge is 0.315 e. The maximum atomic E-state index is 11.4. The topological polar surface area (TPSA) is 133 Å². The lowest BCUT2D eigenvalue weighted by molar-refractivity contribution is -0.386. The Hall–Kier alpha value is -3.60. The van der Waals surface area contributed by atoms with Gasteiger partial charge in [-0.05, 0) is 18.4 Å². The van der Waals surface area contributed by atoms with Crippen LogP contribution in [-0.4, -0.2) is 38.6 Å². The van der Waals surface area contributed by atoms with Crippen molar-refractivity contribution in [1.82, 2.24) is 15.2 Å².